The van der Waals surface area contributed by atoms with Gasteiger partial charge in [-0.1, -0.05) is 29.3 Å². The van der Waals surface area contributed by atoms with E-state index in [-0.39, 0.29) is 0 Å². The Morgan fingerprint density at radius 2 is 2.19 bits per heavy atom. The molecule has 0 saturated carbocycles. The van der Waals surface area contributed by atoms with Crippen LogP contribution in [0.4, 0.5) is 4.79 Å². The molecular formula is C17H18Cl2N4O3. The van der Waals surface area contributed by atoms with Gasteiger partial charge in [0.1, 0.15) is 12.1 Å². The zero-order chi connectivity index (χ0) is 18.8. The van der Waals surface area contributed by atoms with Gasteiger partial charge in [-0.25, -0.2) is 14.6 Å². The lowest BCUT2D eigenvalue weighted by molar-refractivity contribution is -0.142. The number of esters is 1. The van der Waals surface area contributed by atoms with E-state index in [1.54, 1.807) is 36.4 Å². The smallest absolute Gasteiger partial charge is 0.328 e. The predicted molar refractivity (Wildman–Crippen MR) is 97.3 cm³/mol. The number of hydrogen-bond acceptors (Lipinski definition) is 4. The van der Waals surface area contributed by atoms with Crippen molar-refractivity contribution in [2.24, 2.45) is 0 Å². The van der Waals surface area contributed by atoms with E-state index in [1.807, 2.05) is 0 Å². The highest BCUT2D eigenvalue weighted by atomic mass is 35.5. The van der Waals surface area contributed by atoms with Crippen molar-refractivity contribution >= 4 is 35.2 Å². The number of carbonyl (C=O) groups excluding carboxylic acids is 2. The van der Waals surface area contributed by atoms with Crippen molar-refractivity contribution in [1.82, 2.24) is 20.2 Å². The molecule has 3 rings (SSSR count). The van der Waals surface area contributed by atoms with Gasteiger partial charge in [0.25, 0.3) is 0 Å². The standard InChI is InChI=1S/C17H18Cl2N4O3/c1-9(16(24)26-2)22-17(25)23-6-5-13-14(21-8-20-13)15(23)11-4-3-10(18)7-12(11)19/h3-4,7-9,15H,5-6H2,1-2H3,(H,20,21)(H,22,25)/t9-,15+/m1/s1. The summed E-state index contributed by atoms with van der Waals surface area (Å²) in [6, 6.07) is 3.48. The average molecular weight is 397 g/mol. The van der Waals surface area contributed by atoms with E-state index in [2.05, 4.69) is 20.0 Å². The topological polar surface area (TPSA) is 87.3 Å². The molecule has 1 aliphatic heterocycles. The minimum Gasteiger partial charge on any atom is -0.467 e. The van der Waals surface area contributed by atoms with Crippen molar-refractivity contribution in [3.63, 3.8) is 0 Å². The molecule has 26 heavy (non-hydrogen) atoms. The fourth-order valence-corrected chi connectivity index (χ4v) is 3.55. The first-order valence-electron chi connectivity index (χ1n) is 8.04. The van der Waals surface area contributed by atoms with Crippen LogP contribution in [0.3, 0.4) is 0 Å². The van der Waals surface area contributed by atoms with E-state index in [4.69, 9.17) is 23.2 Å². The molecule has 0 aliphatic carbocycles. The third-order valence-electron chi connectivity index (χ3n) is 4.34. The van der Waals surface area contributed by atoms with Gasteiger partial charge in [0.05, 0.1) is 19.1 Å². The highest BCUT2D eigenvalue weighted by Crippen LogP contribution is 2.37. The quantitative estimate of drug-likeness (QED) is 0.780. The van der Waals surface area contributed by atoms with E-state index in [9.17, 15) is 9.59 Å². The maximum atomic E-state index is 12.8. The fourth-order valence-electron chi connectivity index (χ4n) is 3.04. The van der Waals surface area contributed by atoms with Crippen LogP contribution in [0.1, 0.15) is 29.9 Å². The summed E-state index contributed by atoms with van der Waals surface area (Å²) in [7, 11) is 1.28. The maximum Gasteiger partial charge on any atom is 0.328 e. The molecule has 138 valence electrons. The van der Waals surface area contributed by atoms with Gasteiger partial charge in [-0.05, 0) is 24.6 Å². The zero-order valence-electron chi connectivity index (χ0n) is 14.3. The Morgan fingerprint density at radius 1 is 1.42 bits per heavy atom. The van der Waals surface area contributed by atoms with Crippen LogP contribution in [0.15, 0.2) is 24.5 Å². The normalized spacial score (nSPS) is 17.4. The molecule has 0 radical (unpaired) electrons. The monoisotopic (exact) mass is 396 g/mol. The number of fused-ring (bicyclic) bond motifs is 1. The van der Waals surface area contributed by atoms with E-state index in [1.165, 1.54) is 7.11 Å². The number of urea groups is 1. The Kier molecular flexibility index (Phi) is 5.38. The molecule has 0 bridgehead atoms. The van der Waals surface area contributed by atoms with E-state index >= 15 is 0 Å². The summed E-state index contributed by atoms with van der Waals surface area (Å²) in [5.74, 6) is -0.517. The maximum absolute atomic E-state index is 12.8. The summed E-state index contributed by atoms with van der Waals surface area (Å²) in [5.41, 5.74) is 2.39. The summed E-state index contributed by atoms with van der Waals surface area (Å²) in [6.45, 7) is 2.01. The number of aromatic amines is 1. The molecule has 9 heteroatoms. The molecule has 1 aliphatic rings. The Hall–Kier alpha value is -2.25. The van der Waals surface area contributed by atoms with Crippen molar-refractivity contribution in [2.75, 3.05) is 13.7 Å². The minimum atomic E-state index is -0.769. The lowest BCUT2D eigenvalue weighted by Gasteiger charge is -2.36. The van der Waals surface area contributed by atoms with Gasteiger partial charge in [0, 0.05) is 28.7 Å². The predicted octanol–water partition coefficient (Wildman–Crippen LogP) is 2.94. The number of methoxy groups -OCH3 is 1. The van der Waals surface area contributed by atoms with E-state index < -0.39 is 24.1 Å². The van der Waals surface area contributed by atoms with Gasteiger partial charge in [-0.15, -0.1) is 0 Å². The molecule has 1 aromatic heterocycles. The van der Waals surface area contributed by atoms with Gasteiger partial charge in [-0.3, -0.25) is 0 Å². The summed E-state index contributed by atoms with van der Waals surface area (Å²) in [6.07, 6.45) is 2.22. The summed E-state index contributed by atoms with van der Waals surface area (Å²) < 4.78 is 4.66. The number of amides is 2. The van der Waals surface area contributed by atoms with Crippen LogP contribution in [0.2, 0.25) is 10.0 Å². The molecular weight excluding hydrogens is 379 g/mol. The van der Waals surface area contributed by atoms with Crippen molar-refractivity contribution < 1.29 is 14.3 Å². The van der Waals surface area contributed by atoms with E-state index in [0.29, 0.717) is 28.6 Å². The SMILES string of the molecule is COC(=O)[C@@H](C)NC(=O)N1CCc2[nH]cnc2[C@@H]1c1ccc(Cl)cc1Cl. The molecule has 7 nitrogen and oxygen atoms in total. The lowest BCUT2D eigenvalue weighted by Crippen LogP contribution is -2.50. The molecule has 0 fully saturated rings. The van der Waals surface area contributed by atoms with Gasteiger partial charge in [0.2, 0.25) is 0 Å². The fraction of sp³-hybridized carbons (Fsp3) is 0.353. The van der Waals surface area contributed by atoms with Gasteiger partial charge >= 0.3 is 12.0 Å². The third-order valence-corrected chi connectivity index (χ3v) is 4.90. The highest BCUT2D eigenvalue weighted by molar-refractivity contribution is 6.35. The number of hydrogen-bond donors (Lipinski definition) is 2. The number of rotatable bonds is 3. The average Bonchev–Trinajstić information content (AvgIpc) is 3.09. The Morgan fingerprint density at radius 3 is 2.88 bits per heavy atom. The van der Waals surface area contributed by atoms with E-state index in [0.717, 1.165) is 11.4 Å². The summed E-state index contributed by atoms with van der Waals surface area (Å²) in [4.78, 5) is 33.5. The number of imidazole rings is 1. The molecule has 2 heterocycles. The number of halogens is 2. The first-order valence-corrected chi connectivity index (χ1v) is 8.80. The minimum absolute atomic E-state index is 0.396. The van der Waals surface area contributed by atoms with Crippen molar-refractivity contribution in [2.45, 2.75) is 25.4 Å². The Bertz CT molecular complexity index is 839. The van der Waals surface area contributed by atoms with Crippen LogP contribution < -0.4 is 5.32 Å². The summed E-state index contributed by atoms with van der Waals surface area (Å²) in [5, 5.41) is 3.61. The lowest BCUT2D eigenvalue weighted by atomic mass is 9.96. The van der Waals surface area contributed by atoms with Crippen LogP contribution in [-0.4, -0.2) is 46.6 Å². The van der Waals surface area contributed by atoms with Crippen LogP contribution in [0.25, 0.3) is 0 Å². The first-order chi connectivity index (χ1) is 12.4. The number of aromatic nitrogens is 2. The second-order valence-electron chi connectivity index (χ2n) is 5.97. The van der Waals surface area contributed by atoms with Gasteiger partial charge in [-0.2, -0.15) is 0 Å². The molecule has 2 N–H and O–H groups in total. The zero-order valence-corrected chi connectivity index (χ0v) is 15.8. The van der Waals surface area contributed by atoms with Crippen LogP contribution in [0.5, 0.6) is 0 Å². The van der Waals surface area contributed by atoms with Gasteiger partial charge < -0.3 is 19.9 Å². The van der Waals surface area contributed by atoms with Crippen molar-refractivity contribution in [1.29, 1.82) is 0 Å². The molecule has 0 unspecified atom stereocenters. The van der Waals surface area contributed by atoms with Crippen LogP contribution in [-0.2, 0) is 16.0 Å². The molecule has 2 aromatic rings. The Balaban J connectivity index is 1.96. The largest absolute Gasteiger partial charge is 0.467 e. The molecule has 0 saturated heterocycles. The molecule has 0 spiro atoms. The Labute approximate surface area is 160 Å². The molecule has 2 amide bonds. The number of H-pyrrole nitrogens is 1. The van der Waals surface area contributed by atoms with Crippen molar-refractivity contribution in [3.05, 3.63) is 51.5 Å². The number of carbonyl (C=O) groups is 2. The van der Waals surface area contributed by atoms with Crippen LogP contribution >= 0.6 is 23.2 Å². The second kappa shape index (κ2) is 7.55. The van der Waals surface area contributed by atoms with Gasteiger partial charge in [0.15, 0.2) is 0 Å². The third kappa shape index (κ3) is 3.50. The number of benzene rings is 1. The first kappa shape index (κ1) is 18.5. The highest BCUT2D eigenvalue weighted by Gasteiger charge is 2.36. The number of nitrogens with zero attached hydrogens (tertiary/aromatic N) is 2. The molecule has 1 aromatic carbocycles. The summed E-state index contributed by atoms with van der Waals surface area (Å²) >= 11 is 12.4. The molecule has 2 atom stereocenters. The van der Waals surface area contributed by atoms with Crippen LogP contribution in [0, 0.1) is 0 Å². The number of ether oxygens (including phenoxy) is 1. The van der Waals surface area contributed by atoms with Crippen molar-refractivity contribution in [3.8, 4) is 0 Å². The second-order valence-corrected chi connectivity index (χ2v) is 6.82. The number of nitrogens with one attached hydrogen (secondary N) is 2.